The summed E-state index contributed by atoms with van der Waals surface area (Å²) in [5.74, 6) is -0.571. The molecule has 1 aliphatic rings. The van der Waals surface area contributed by atoms with Gasteiger partial charge in [-0.1, -0.05) is 17.7 Å². The smallest absolute Gasteiger partial charge is 0.435 e. The molecule has 2 atom stereocenters. The van der Waals surface area contributed by atoms with Crippen LogP contribution in [0.25, 0.3) is 22.6 Å². The first-order valence-corrected chi connectivity index (χ1v) is 13.8. The Balaban J connectivity index is 0.00000423. The molecule has 13 nitrogen and oxygen atoms in total. The average molecular weight is 635 g/mol. The van der Waals surface area contributed by atoms with E-state index < -0.39 is 24.1 Å². The minimum Gasteiger partial charge on any atom is -0.435 e. The van der Waals surface area contributed by atoms with Gasteiger partial charge in [0.2, 0.25) is 5.82 Å². The highest BCUT2D eigenvalue weighted by Gasteiger charge is 2.31. The Morgan fingerprint density at radius 3 is 2.79 bits per heavy atom. The molecule has 0 saturated carbocycles. The number of tetrazole rings is 1. The third-order valence-electron chi connectivity index (χ3n) is 6.85. The molecule has 1 aliphatic heterocycles. The standard InChI is InChI=1S/C27H29ClFN9O4.ClH/c1-4-41-27(40)42-16(2)38-25(33-34-35-38)23-20(15-32-36(23)3)19-10-9-17(13-22(19)29)26(39)37(18-7-5-11-30-14-18)24-21(28)8-6-12-31-24;/h6,8-10,12-13,15-16,18,30H,4-5,7,11,14H2,1-3H3;1H/t16-,18+;/m0./s1. The zero-order valence-electron chi connectivity index (χ0n) is 23.6. The minimum atomic E-state index is -0.930. The fourth-order valence-corrected chi connectivity index (χ4v) is 5.10. The van der Waals surface area contributed by atoms with Gasteiger partial charge in [0.25, 0.3) is 5.91 Å². The topological polar surface area (TPSA) is 142 Å². The fraction of sp³-hybridized carbons (Fsp3) is 0.370. The lowest BCUT2D eigenvalue weighted by Gasteiger charge is -2.34. The number of amides is 1. The normalized spacial score (nSPS) is 15.3. The van der Waals surface area contributed by atoms with Crippen molar-refractivity contribution in [1.82, 2.24) is 40.3 Å². The Morgan fingerprint density at radius 1 is 1.28 bits per heavy atom. The monoisotopic (exact) mass is 633 g/mol. The summed E-state index contributed by atoms with van der Waals surface area (Å²) in [4.78, 5) is 31.6. The van der Waals surface area contributed by atoms with Crippen molar-refractivity contribution < 1.29 is 23.5 Å². The highest BCUT2D eigenvalue weighted by atomic mass is 35.5. The quantitative estimate of drug-likeness (QED) is 0.277. The molecule has 1 aromatic carbocycles. The molecular formula is C27H30Cl2FN9O4. The van der Waals surface area contributed by atoms with E-state index >= 15 is 4.39 Å². The van der Waals surface area contributed by atoms with E-state index in [1.807, 2.05) is 0 Å². The van der Waals surface area contributed by atoms with Gasteiger partial charge in [-0.25, -0.2) is 14.2 Å². The lowest BCUT2D eigenvalue weighted by Crippen LogP contribution is -2.49. The number of anilines is 1. The van der Waals surface area contributed by atoms with Gasteiger partial charge in [-0.2, -0.15) is 9.78 Å². The molecule has 1 fully saturated rings. The van der Waals surface area contributed by atoms with E-state index in [1.165, 1.54) is 32.6 Å². The zero-order valence-corrected chi connectivity index (χ0v) is 25.2. The van der Waals surface area contributed by atoms with Crippen LogP contribution in [0.2, 0.25) is 5.02 Å². The SMILES string of the molecule is CCOC(=O)O[C@@H](C)n1nnnc1-c1c(-c2ccc(C(=O)N(c3ncccc3Cl)[C@@H]3CCCNC3)cc2F)cnn1C.Cl. The van der Waals surface area contributed by atoms with E-state index in [-0.39, 0.29) is 42.0 Å². The van der Waals surface area contributed by atoms with Crippen molar-refractivity contribution in [3.63, 3.8) is 0 Å². The second-order valence-electron chi connectivity index (χ2n) is 9.56. The molecule has 4 heterocycles. The van der Waals surface area contributed by atoms with E-state index in [0.29, 0.717) is 28.6 Å². The van der Waals surface area contributed by atoms with Crippen molar-refractivity contribution in [3.8, 4) is 22.6 Å². The van der Waals surface area contributed by atoms with E-state index in [1.54, 1.807) is 45.3 Å². The molecule has 0 aliphatic carbocycles. The maximum Gasteiger partial charge on any atom is 0.510 e. The second kappa shape index (κ2) is 13.9. The maximum atomic E-state index is 15.8. The highest BCUT2D eigenvalue weighted by Crippen LogP contribution is 2.34. The van der Waals surface area contributed by atoms with E-state index in [9.17, 15) is 9.59 Å². The van der Waals surface area contributed by atoms with Crippen LogP contribution in [0, 0.1) is 5.82 Å². The number of pyridine rings is 1. The first-order chi connectivity index (χ1) is 20.3. The number of hydrogen-bond acceptors (Lipinski definition) is 10. The molecule has 43 heavy (non-hydrogen) atoms. The van der Waals surface area contributed by atoms with Crippen LogP contribution in [-0.4, -0.2) is 72.8 Å². The van der Waals surface area contributed by atoms with Crippen LogP contribution in [0.4, 0.5) is 15.0 Å². The molecule has 0 spiro atoms. The van der Waals surface area contributed by atoms with Gasteiger partial charge in [-0.05, 0) is 67.9 Å². The van der Waals surface area contributed by atoms with Gasteiger partial charge in [0.1, 0.15) is 11.5 Å². The van der Waals surface area contributed by atoms with Crippen LogP contribution in [0.1, 0.15) is 43.3 Å². The summed E-state index contributed by atoms with van der Waals surface area (Å²) < 4.78 is 28.6. The Morgan fingerprint density at radius 2 is 2.09 bits per heavy atom. The largest absolute Gasteiger partial charge is 0.510 e. The molecule has 0 unspecified atom stereocenters. The number of aryl methyl sites for hydroxylation is 1. The number of piperidine rings is 1. The number of aromatic nitrogens is 7. The number of carbonyl (C=O) groups is 2. The van der Waals surface area contributed by atoms with Gasteiger partial charge in [0.15, 0.2) is 12.0 Å². The van der Waals surface area contributed by atoms with Crippen molar-refractivity contribution in [2.45, 2.75) is 39.0 Å². The third-order valence-corrected chi connectivity index (χ3v) is 7.14. The van der Waals surface area contributed by atoms with Gasteiger partial charge in [-0.15, -0.1) is 17.5 Å². The van der Waals surface area contributed by atoms with Crippen LogP contribution in [-0.2, 0) is 16.5 Å². The van der Waals surface area contributed by atoms with E-state index in [0.717, 1.165) is 19.4 Å². The molecule has 16 heteroatoms. The molecule has 4 aromatic rings. The number of hydrogen-bond donors (Lipinski definition) is 1. The number of nitrogens with one attached hydrogen (secondary N) is 1. The second-order valence-corrected chi connectivity index (χ2v) is 9.96. The first-order valence-electron chi connectivity index (χ1n) is 13.4. The highest BCUT2D eigenvalue weighted by molar-refractivity contribution is 6.33. The Labute approximate surface area is 257 Å². The number of nitrogens with zero attached hydrogens (tertiary/aromatic N) is 8. The zero-order chi connectivity index (χ0) is 29.8. The summed E-state index contributed by atoms with van der Waals surface area (Å²) in [6.07, 6.45) is 2.85. The maximum absolute atomic E-state index is 15.8. The van der Waals surface area contributed by atoms with Crippen molar-refractivity contribution in [1.29, 1.82) is 0 Å². The molecule has 0 bridgehead atoms. The van der Waals surface area contributed by atoms with Crippen LogP contribution in [0.5, 0.6) is 0 Å². The number of halogens is 3. The van der Waals surface area contributed by atoms with E-state index in [2.05, 4.69) is 30.9 Å². The summed E-state index contributed by atoms with van der Waals surface area (Å²) in [5, 5.41) is 19.6. The fourth-order valence-electron chi connectivity index (χ4n) is 4.88. The van der Waals surface area contributed by atoms with Crippen molar-refractivity contribution in [2.24, 2.45) is 7.05 Å². The molecule has 0 radical (unpaired) electrons. The Kier molecular flexibility index (Phi) is 10.3. The molecule has 228 valence electrons. The summed E-state index contributed by atoms with van der Waals surface area (Å²) >= 11 is 6.44. The third kappa shape index (κ3) is 6.60. The van der Waals surface area contributed by atoms with Crippen LogP contribution in [0.15, 0.2) is 42.7 Å². The van der Waals surface area contributed by atoms with Crippen LogP contribution in [0.3, 0.4) is 0 Å². The molecule has 5 rings (SSSR count). The number of benzene rings is 1. The van der Waals surface area contributed by atoms with E-state index in [4.69, 9.17) is 21.1 Å². The molecule has 1 saturated heterocycles. The van der Waals surface area contributed by atoms with Gasteiger partial charge in [-0.3, -0.25) is 14.4 Å². The molecular weight excluding hydrogens is 604 g/mol. The predicted octanol–water partition coefficient (Wildman–Crippen LogP) is 4.44. The van der Waals surface area contributed by atoms with Gasteiger partial charge < -0.3 is 14.8 Å². The average Bonchev–Trinajstić information content (AvgIpc) is 3.61. The van der Waals surface area contributed by atoms with Gasteiger partial charge >= 0.3 is 6.16 Å². The minimum absolute atomic E-state index is 0. The lowest BCUT2D eigenvalue weighted by molar-refractivity contribution is 0.00140. The molecule has 1 N–H and O–H groups in total. The lowest BCUT2D eigenvalue weighted by atomic mass is 10.0. The molecule has 3 aromatic heterocycles. The summed E-state index contributed by atoms with van der Waals surface area (Å²) in [6, 6.07) is 7.39. The Bertz CT molecular complexity index is 1590. The summed E-state index contributed by atoms with van der Waals surface area (Å²) in [7, 11) is 1.65. The van der Waals surface area contributed by atoms with Crippen LogP contribution >= 0.6 is 24.0 Å². The number of rotatable bonds is 8. The van der Waals surface area contributed by atoms with Crippen molar-refractivity contribution >= 4 is 41.9 Å². The van der Waals surface area contributed by atoms with Crippen LogP contribution < -0.4 is 10.2 Å². The Hall–Kier alpha value is -4.14. The number of ether oxygens (including phenoxy) is 2. The number of carbonyl (C=O) groups excluding carboxylic acids is 2. The van der Waals surface area contributed by atoms with Gasteiger partial charge in [0, 0.05) is 36.5 Å². The van der Waals surface area contributed by atoms with Gasteiger partial charge in [0.05, 0.1) is 23.9 Å². The van der Waals surface area contributed by atoms with Crippen molar-refractivity contribution in [3.05, 3.63) is 59.1 Å². The first kappa shape index (κ1) is 31.8. The molecule has 1 amide bonds. The predicted molar refractivity (Wildman–Crippen MR) is 157 cm³/mol. The summed E-state index contributed by atoms with van der Waals surface area (Å²) in [6.45, 7) is 4.77. The summed E-state index contributed by atoms with van der Waals surface area (Å²) in [5.41, 5.74) is 1.04. The van der Waals surface area contributed by atoms with Crippen molar-refractivity contribution in [2.75, 3.05) is 24.6 Å².